The zero-order valence-corrected chi connectivity index (χ0v) is 10.5. The summed E-state index contributed by atoms with van der Waals surface area (Å²) in [5.41, 5.74) is 0.373. The molecule has 0 aliphatic carbocycles. The summed E-state index contributed by atoms with van der Waals surface area (Å²) in [7, 11) is 0. The van der Waals surface area contributed by atoms with Crippen LogP contribution in [0.2, 0.25) is 0 Å². The molecule has 0 aliphatic rings. The van der Waals surface area contributed by atoms with Gasteiger partial charge in [0.2, 0.25) is 0 Å². The van der Waals surface area contributed by atoms with Gasteiger partial charge in [0, 0.05) is 17.5 Å². The van der Waals surface area contributed by atoms with E-state index in [1.807, 2.05) is 0 Å². The molecule has 0 radical (unpaired) electrons. The summed E-state index contributed by atoms with van der Waals surface area (Å²) in [5.74, 6) is -1.19. The van der Waals surface area contributed by atoms with Gasteiger partial charge in [0.25, 0.3) is 5.69 Å². The van der Waals surface area contributed by atoms with E-state index in [1.165, 1.54) is 23.0 Å². The molecule has 0 spiro atoms. The maximum atomic E-state index is 11.3. The zero-order valence-electron chi connectivity index (χ0n) is 10.5. The van der Waals surface area contributed by atoms with Crippen molar-refractivity contribution in [2.24, 2.45) is 5.92 Å². The minimum Gasteiger partial charge on any atom is -0.480 e. The van der Waals surface area contributed by atoms with Crippen molar-refractivity contribution in [3.05, 3.63) is 34.5 Å². The van der Waals surface area contributed by atoms with E-state index in [0.29, 0.717) is 10.9 Å². The second-order valence-corrected chi connectivity index (χ2v) is 4.62. The summed E-state index contributed by atoms with van der Waals surface area (Å²) in [6.45, 7) is 3.54. The van der Waals surface area contributed by atoms with Crippen LogP contribution < -0.4 is 0 Å². The molecule has 1 unspecified atom stereocenters. The fraction of sp³-hybridized carbons (Fsp3) is 0.333. The SMILES string of the molecule is CC(C)C(C(=O)O)n1ncc2ccc([N+](=O)[O-])cc21. The minimum absolute atomic E-state index is 0.0813. The Morgan fingerprint density at radius 3 is 2.68 bits per heavy atom. The summed E-state index contributed by atoms with van der Waals surface area (Å²) < 4.78 is 1.33. The maximum absolute atomic E-state index is 11.3. The highest BCUT2D eigenvalue weighted by Crippen LogP contribution is 2.26. The Kier molecular flexibility index (Phi) is 3.20. The van der Waals surface area contributed by atoms with Crippen molar-refractivity contribution >= 4 is 22.6 Å². The van der Waals surface area contributed by atoms with E-state index in [1.54, 1.807) is 19.9 Å². The van der Waals surface area contributed by atoms with Gasteiger partial charge in [-0.25, -0.2) is 4.79 Å². The van der Waals surface area contributed by atoms with Crippen LogP contribution in [0.4, 0.5) is 5.69 Å². The number of nitrogens with zero attached hydrogens (tertiary/aromatic N) is 3. The second kappa shape index (κ2) is 4.68. The van der Waals surface area contributed by atoms with Crippen LogP contribution in [0.3, 0.4) is 0 Å². The fourth-order valence-corrected chi connectivity index (χ4v) is 2.03. The van der Waals surface area contributed by atoms with E-state index < -0.39 is 16.9 Å². The number of nitro benzene ring substituents is 1. The van der Waals surface area contributed by atoms with Crippen molar-refractivity contribution in [1.29, 1.82) is 0 Å². The molecular formula is C12H13N3O4. The van der Waals surface area contributed by atoms with Crippen molar-refractivity contribution in [1.82, 2.24) is 9.78 Å². The number of carbonyl (C=O) groups is 1. The molecule has 2 aromatic rings. The number of aliphatic carboxylic acids is 1. The predicted molar refractivity (Wildman–Crippen MR) is 67.9 cm³/mol. The lowest BCUT2D eigenvalue weighted by Gasteiger charge is -2.17. The predicted octanol–water partition coefficient (Wildman–Crippen LogP) is 2.23. The first-order valence-corrected chi connectivity index (χ1v) is 5.76. The number of benzene rings is 1. The minimum atomic E-state index is -1.01. The molecule has 0 amide bonds. The Morgan fingerprint density at radius 1 is 1.47 bits per heavy atom. The largest absolute Gasteiger partial charge is 0.480 e. The first-order valence-electron chi connectivity index (χ1n) is 5.76. The molecule has 0 bridgehead atoms. The quantitative estimate of drug-likeness (QED) is 0.673. The van der Waals surface area contributed by atoms with Crippen molar-refractivity contribution in [3.63, 3.8) is 0 Å². The van der Waals surface area contributed by atoms with Gasteiger partial charge in [0.1, 0.15) is 0 Å². The first-order chi connectivity index (χ1) is 8.91. The normalized spacial score (nSPS) is 12.8. The molecule has 1 aromatic carbocycles. The number of hydrogen-bond acceptors (Lipinski definition) is 4. The summed E-state index contributed by atoms with van der Waals surface area (Å²) in [6.07, 6.45) is 1.51. The molecule has 1 heterocycles. The van der Waals surface area contributed by atoms with Crippen molar-refractivity contribution in [2.45, 2.75) is 19.9 Å². The van der Waals surface area contributed by atoms with Gasteiger partial charge in [0.15, 0.2) is 6.04 Å². The highest BCUT2D eigenvalue weighted by Gasteiger charge is 2.26. The van der Waals surface area contributed by atoms with Crippen molar-refractivity contribution in [3.8, 4) is 0 Å². The third-order valence-corrected chi connectivity index (χ3v) is 2.94. The van der Waals surface area contributed by atoms with Crippen LogP contribution in [-0.4, -0.2) is 25.8 Å². The molecule has 1 atom stereocenters. The number of carboxylic acid groups (broad SMARTS) is 1. The smallest absolute Gasteiger partial charge is 0.328 e. The fourth-order valence-electron chi connectivity index (χ4n) is 2.03. The third kappa shape index (κ3) is 2.26. The van der Waals surface area contributed by atoms with Gasteiger partial charge in [-0.15, -0.1) is 0 Å². The number of fused-ring (bicyclic) bond motifs is 1. The van der Waals surface area contributed by atoms with E-state index in [9.17, 15) is 20.0 Å². The van der Waals surface area contributed by atoms with Crippen LogP contribution in [0.15, 0.2) is 24.4 Å². The Bertz CT molecular complexity index is 647. The average Bonchev–Trinajstić information content (AvgIpc) is 2.71. The van der Waals surface area contributed by atoms with Gasteiger partial charge < -0.3 is 5.11 Å². The van der Waals surface area contributed by atoms with E-state index in [2.05, 4.69) is 5.10 Å². The number of carboxylic acids is 1. The molecule has 2 rings (SSSR count). The molecule has 7 heteroatoms. The highest BCUT2D eigenvalue weighted by atomic mass is 16.6. The molecule has 1 N–H and O–H groups in total. The Hall–Kier alpha value is -2.44. The van der Waals surface area contributed by atoms with Crippen molar-refractivity contribution in [2.75, 3.05) is 0 Å². The van der Waals surface area contributed by atoms with Gasteiger partial charge in [-0.3, -0.25) is 14.8 Å². The average molecular weight is 263 g/mol. The summed E-state index contributed by atoms with van der Waals surface area (Å²) >= 11 is 0. The van der Waals surface area contributed by atoms with Crippen LogP contribution in [0.1, 0.15) is 19.9 Å². The van der Waals surface area contributed by atoms with Gasteiger partial charge >= 0.3 is 5.97 Å². The molecule has 0 saturated heterocycles. The van der Waals surface area contributed by atoms with E-state index >= 15 is 0 Å². The zero-order chi connectivity index (χ0) is 14.2. The Balaban J connectivity index is 2.63. The lowest BCUT2D eigenvalue weighted by Crippen LogP contribution is -2.25. The summed E-state index contributed by atoms with van der Waals surface area (Å²) in [5, 5.41) is 24.8. The maximum Gasteiger partial charge on any atom is 0.328 e. The van der Waals surface area contributed by atoms with Gasteiger partial charge in [-0.2, -0.15) is 5.10 Å². The van der Waals surface area contributed by atoms with E-state index in [-0.39, 0.29) is 11.6 Å². The second-order valence-electron chi connectivity index (χ2n) is 4.62. The number of nitro groups is 1. The molecular weight excluding hydrogens is 250 g/mol. The topological polar surface area (TPSA) is 98.3 Å². The monoisotopic (exact) mass is 263 g/mol. The highest BCUT2D eigenvalue weighted by molar-refractivity contribution is 5.83. The summed E-state index contributed by atoms with van der Waals surface area (Å²) in [4.78, 5) is 21.6. The molecule has 7 nitrogen and oxygen atoms in total. The third-order valence-electron chi connectivity index (χ3n) is 2.94. The lowest BCUT2D eigenvalue weighted by atomic mass is 10.0. The molecule has 0 fully saturated rings. The van der Waals surface area contributed by atoms with Crippen LogP contribution in [0, 0.1) is 16.0 Å². The van der Waals surface area contributed by atoms with Crippen LogP contribution in [0.5, 0.6) is 0 Å². The number of hydrogen-bond donors (Lipinski definition) is 1. The Morgan fingerprint density at radius 2 is 2.16 bits per heavy atom. The standard InChI is InChI=1S/C12H13N3O4/c1-7(2)11(12(16)17)14-10-5-9(15(18)19)4-3-8(10)6-13-14/h3-7,11H,1-2H3,(H,16,17). The van der Waals surface area contributed by atoms with Crippen LogP contribution in [-0.2, 0) is 4.79 Å². The van der Waals surface area contributed by atoms with Gasteiger partial charge in [0.05, 0.1) is 16.6 Å². The first kappa shape index (κ1) is 13.0. The van der Waals surface area contributed by atoms with Gasteiger partial charge in [-0.1, -0.05) is 13.8 Å². The number of rotatable bonds is 4. The van der Waals surface area contributed by atoms with E-state index in [0.717, 1.165) is 0 Å². The van der Waals surface area contributed by atoms with E-state index in [4.69, 9.17) is 0 Å². The summed E-state index contributed by atoms with van der Waals surface area (Å²) in [6, 6.07) is 3.44. The van der Waals surface area contributed by atoms with Gasteiger partial charge in [-0.05, 0) is 12.0 Å². The Labute approximate surface area is 108 Å². The molecule has 100 valence electrons. The lowest BCUT2D eigenvalue weighted by molar-refractivity contribution is -0.384. The number of non-ortho nitro benzene ring substituents is 1. The van der Waals surface area contributed by atoms with Crippen LogP contribution >= 0.6 is 0 Å². The molecule has 1 aromatic heterocycles. The number of aromatic nitrogens is 2. The van der Waals surface area contributed by atoms with Crippen LogP contribution in [0.25, 0.3) is 10.9 Å². The molecule has 0 aliphatic heterocycles. The van der Waals surface area contributed by atoms with Crippen molar-refractivity contribution < 1.29 is 14.8 Å². The molecule has 19 heavy (non-hydrogen) atoms. The molecule has 0 saturated carbocycles.